The zero-order valence-corrected chi connectivity index (χ0v) is 9.62. The summed E-state index contributed by atoms with van der Waals surface area (Å²) in [7, 11) is 0. The van der Waals surface area contributed by atoms with Crippen molar-refractivity contribution in [2.24, 2.45) is 0 Å². The first-order valence-corrected chi connectivity index (χ1v) is 5.81. The van der Waals surface area contributed by atoms with E-state index in [9.17, 15) is 9.50 Å². The standard InChI is InChI=1S/C12H17FN2O2/c13-11-9(1-2-10(16)12(11)17)3-6-15-7-4-14-5-8-15/h1-2,14,16-17H,3-8H2. The molecule has 0 aromatic heterocycles. The van der Waals surface area contributed by atoms with Gasteiger partial charge in [0.2, 0.25) is 0 Å². The van der Waals surface area contributed by atoms with Crippen molar-refractivity contribution >= 4 is 0 Å². The summed E-state index contributed by atoms with van der Waals surface area (Å²) >= 11 is 0. The maximum absolute atomic E-state index is 13.6. The van der Waals surface area contributed by atoms with Crippen molar-refractivity contribution in [1.82, 2.24) is 10.2 Å². The number of hydrogen-bond donors (Lipinski definition) is 3. The topological polar surface area (TPSA) is 55.7 Å². The lowest BCUT2D eigenvalue weighted by atomic mass is 10.1. The van der Waals surface area contributed by atoms with Gasteiger partial charge in [-0.25, -0.2) is 4.39 Å². The Labute approximate surface area is 99.7 Å². The Morgan fingerprint density at radius 3 is 2.65 bits per heavy atom. The van der Waals surface area contributed by atoms with E-state index in [1.54, 1.807) is 0 Å². The van der Waals surface area contributed by atoms with Crippen LogP contribution >= 0.6 is 0 Å². The summed E-state index contributed by atoms with van der Waals surface area (Å²) < 4.78 is 13.6. The summed E-state index contributed by atoms with van der Waals surface area (Å²) in [4.78, 5) is 2.25. The molecule has 1 fully saturated rings. The monoisotopic (exact) mass is 240 g/mol. The molecule has 94 valence electrons. The SMILES string of the molecule is Oc1ccc(CCN2CCNCC2)c(F)c1O. The van der Waals surface area contributed by atoms with Crippen LogP contribution in [-0.2, 0) is 6.42 Å². The Kier molecular flexibility index (Phi) is 3.81. The third-order valence-electron chi connectivity index (χ3n) is 3.08. The largest absolute Gasteiger partial charge is 0.504 e. The van der Waals surface area contributed by atoms with E-state index in [4.69, 9.17) is 5.11 Å². The molecule has 17 heavy (non-hydrogen) atoms. The quantitative estimate of drug-likeness (QED) is 0.680. The van der Waals surface area contributed by atoms with Crippen molar-refractivity contribution < 1.29 is 14.6 Å². The Morgan fingerprint density at radius 1 is 1.24 bits per heavy atom. The van der Waals surface area contributed by atoms with Crippen molar-refractivity contribution in [3.05, 3.63) is 23.5 Å². The average Bonchev–Trinajstić information content (AvgIpc) is 2.36. The van der Waals surface area contributed by atoms with Crippen molar-refractivity contribution in [1.29, 1.82) is 0 Å². The molecule has 1 aliphatic heterocycles. The molecule has 1 saturated heterocycles. The van der Waals surface area contributed by atoms with E-state index in [0.717, 1.165) is 32.7 Å². The number of phenolic OH excluding ortho intramolecular Hbond substituents is 2. The van der Waals surface area contributed by atoms with E-state index >= 15 is 0 Å². The lowest BCUT2D eigenvalue weighted by Gasteiger charge is -2.27. The van der Waals surface area contributed by atoms with E-state index in [1.165, 1.54) is 12.1 Å². The number of hydrogen-bond acceptors (Lipinski definition) is 4. The Bertz CT molecular complexity index is 392. The van der Waals surface area contributed by atoms with Gasteiger partial charge >= 0.3 is 0 Å². The molecular weight excluding hydrogens is 223 g/mol. The number of halogens is 1. The summed E-state index contributed by atoms with van der Waals surface area (Å²) in [5, 5.41) is 21.7. The molecule has 0 atom stereocenters. The van der Waals surface area contributed by atoms with Crippen LogP contribution in [0.3, 0.4) is 0 Å². The molecule has 0 spiro atoms. The van der Waals surface area contributed by atoms with Crippen molar-refractivity contribution in [2.45, 2.75) is 6.42 Å². The van der Waals surface area contributed by atoms with Crippen LogP contribution in [0.25, 0.3) is 0 Å². The maximum Gasteiger partial charge on any atom is 0.194 e. The molecule has 0 amide bonds. The van der Waals surface area contributed by atoms with Crippen LogP contribution in [0.2, 0.25) is 0 Å². The van der Waals surface area contributed by atoms with Crippen LogP contribution in [0.5, 0.6) is 11.5 Å². The van der Waals surface area contributed by atoms with Crippen molar-refractivity contribution in [3.63, 3.8) is 0 Å². The molecule has 4 nitrogen and oxygen atoms in total. The zero-order valence-electron chi connectivity index (χ0n) is 9.62. The van der Waals surface area contributed by atoms with Crippen molar-refractivity contribution in [2.75, 3.05) is 32.7 Å². The summed E-state index contributed by atoms with van der Waals surface area (Å²) in [6, 6.07) is 2.85. The van der Waals surface area contributed by atoms with Crippen LogP contribution in [0.4, 0.5) is 4.39 Å². The molecule has 0 bridgehead atoms. The highest BCUT2D eigenvalue weighted by atomic mass is 19.1. The minimum atomic E-state index is -0.708. The minimum Gasteiger partial charge on any atom is -0.504 e. The Morgan fingerprint density at radius 2 is 1.94 bits per heavy atom. The lowest BCUT2D eigenvalue weighted by Crippen LogP contribution is -2.44. The fourth-order valence-electron chi connectivity index (χ4n) is 2.00. The van der Waals surface area contributed by atoms with Gasteiger partial charge in [-0.15, -0.1) is 0 Å². The highest BCUT2D eigenvalue weighted by Gasteiger charge is 2.14. The molecule has 2 rings (SSSR count). The van der Waals surface area contributed by atoms with Gasteiger partial charge in [0, 0.05) is 32.7 Å². The molecule has 5 heteroatoms. The van der Waals surface area contributed by atoms with Gasteiger partial charge in [0.25, 0.3) is 0 Å². The van der Waals surface area contributed by atoms with E-state index in [1.807, 2.05) is 0 Å². The molecule has 0 saturated carbocycles. The number of aromatic hydroxyl groups is 2. The Hall–Kier alpha value is -1.33. The van der Waals surface area contributed by atoms with Crippen LogP contribution in [0.15, 0.2) is 12.1 Å². The number of piperazine rings is 1. The van der Waals surface area contributed by atoms with Gasteiger partial charge in [0.1, 0.15) is 0 Å². The second-order valence-corrected chi connectivity index (χ2v) is 4.25. The highest BCUT2D eigenvalue weighted by Crippen LogP contribution is 2.29. The smallest absolute Gasteiger partial charge is 0.194 e. The first-order valence-electron chi connectivity index (χ1n) is 5.81. The summed E-state index contributed by atoms with van der Waals surface area (Å²) in [5.74, 6) is -1.77. The van der Waals surface area contributed by atoms with Gasteiger partial charge in [-0.3, -0.25) is 0 Å². The number of nitrogens with one attached hydrogen (secondary N) is 1. The second-order valence-electron chi connectivity index (χ2n) is 4.25. The third kappa shape index (κ3) is 2.87. The molecule has 1 aromatic carbocycles. The third-order valence-corrected chi connectivity index (χ3v) is 3.08. The van der Waals surface area contributed by atoms with E-state index in [2.05, 4.69) is 10.2 Å². The van der Waals surface area contributed by atoms with E-state index in [-0.39, 0.29) is 0 Å². The molecule has 0 aliphatic carbocycles. The number of rotatable bonds is 3. The average molecular weight is 240 g/mol. The van der Waals surface area contributed by atoms with Gasteiger partial charge in [-0.1, -0.05) is 6.07 Å². The minimum absolute atomic E-state index is 0.409. The first-order chi connectivity index (χ1) is 8.18. The van der Waals surface area contributed by atoms with Gasteiger partial charge in [-0.05, 0) is 18.1 Å². The molecule has 1 aliphatic rings. The van der Waals surface area contributed by atoms with Crippen molar-refractivity contribution in [3.8, 4) is 11.5 Å². The molecule has 1 aromatic rings. The lowest BCUT2D eigenvalue weighted by molar-refractivity contribution is 0.243. The van der Waals surface area contributed by atoms with Gasteiger partial charge in [0.05, 0.1) is 0 Å². The number of nitrogens with zero attached hydrogens (tertiary/aromatic N) is 1. The predicted octanol–water partition coefficient (Wildman–Crippen LogP) is 0.685. The predicted molar refractivity (Wildman–Crippen MR) is 62.7 cm³/mol. The van der Waals surface area contributed by atoms with E-state index < -0.39 is 17.3 Å². The van der Waals surface area contributed by atoms with Crippen LogP contribution in [0, 0.1) is 5.82 Å². The molecule has 0 unspecified atom stereocenters. The fourth-order valence-corrected chi connectivity index (χ4v) is 2.00. The fraction of sp³-hybridized carbons (Fsp3) is 0.500. The van der Waals surface area contributed by atoms with Gasteiger partial charge < -0.3 is 20.4 Å². The number of benzene rings is 1. The highest BCUT2D eigenvalue weighted by molar-refractivity contribution is 5.42. The van der Waals surface area contributed by atoms with Gasteiger partial charge in [0.15, 0.2) is 17.3 Å². The van der Waals surface area contributed by atoms with Crippen LogP contribution < -0.4 is 5.32 Å². The normalized spacial score (nSPS) is 17.2. The second kappa shape index (κ2) is 5.33. The zero-order chi connectivity index (χ0) is 12.3. The van der Waals surface area contributed by atoms with Crippen LogP contribution in [0.1, 0.15) is 5.56 Å². The molecule has 0 radical (unpaired) electrons. The summed E-state index contributed by atoms with van der Waals surface area (Å²) in [6.07, 6.45) is 0.541. The summed E-state index contributed by atoms with van der Waals surface area (Å²) in [6.45, 7) is 4.62. The number of phenols is 2. The summed E-state index contributed by atoms with van der Waals surface area (Å²) in [5.41, 5.74) is 0.443. The molecule has 3 N–H and O–H groups in total. The first kappa shape index (κ1) is 12.1. The maximum atomic E-state index is 13.6. The Balaban J connectivity index is 1.96. The van der Waals surface area contributed by atoms with Gasteiger partial charge in [-0.2, -0.15) is 0 Å². The van der Waals surface area contributed by atoms with Crippen LogP contribution in [-0.4, -0.2) is 47.8 Å². The van der Waals surface area contributed by atoms with E-state index in [0.29, 0.717) is 12.0 Å². The molecular formula is C12H17FN2O2. The molecule has 1 heterocycles.